The van der Waals surface area contributed by atoms with Crippen LogP contribution in [-0.2, 0) is 6.42 Å². The van der Waals surface area contributed by atoms with Crippen molar-refractivity contribution in [3.05, 3.63) is 33.8 Å². The van der Waals surface area contributed by atoms with Gasteiger partial charge in [0.05, 0.1) is 0 Å². The third kappa shape index (κ3) is 6.95. The lowest BCUT2D eigenvalue weighted by Gasteiger charge is -2.08. The van der Waals surface area contributed by atoms with Crippen LogP contribution in [0.5, 0.6) is 0 Å². The average molecular weight is 301 g/mol. The molecule has 0 spiro atoms. The summed E-state index contributed by atoms with van der Waals surface area (Å²) in [5.74, 6) is 0. The minimum Gasteiger partial charge on any atom is -0.323 e. The van der Waals surface area contributed by atoms with Crippen LogP contribution < -0.4 is 5.73 Å². The fraction of sp³-hybridized carbons (Fsp3) is 0.533. The number of halogens is 2. The maximum absolute atomic E-state index is 6.11. The molecule has 1 aromatic rings. The van der Waals surface area contributed by atoms with Crippen LogP contribution >= 0.6 is 23.2 Å². The minimum atomic E-state index is -0.0927. The molecule has 0 aromatic heterocycles. The molecule has 0 heterocycles. The molecule has 1 atom stereocenters. The van der Waals surface area contributed by atoms with Crippen molar-refractivity contribution >= 4 is 29.4 Å². The van der Waals surface area contributed by atoms with Gasteiger partial charge in [-0.15, -0.1) is 0 Å². The quantitative estimate of drug-likeness (QED) is 0.556. The Hall–Kier alpha value is -0.570. The second-order valence-corrected chi connectivity index (χ2v) is 5.56. The van der Waals surface area contributed by atoms with E-state index in [1.807, 2.05) is 18.3 Å². The molecule has 0 saturated heterocycles. The normalized spacial score (nSPS) is 13.1. The van der Waals surface area contributed by atoms with Crippen molar-refractivity contribution in [1.29, 1.82) is 0 Å². The highest BCUT2D eigenvalue weighted by molar-refractivity contribution is 6.35. The number of hydrogen-bond acceptors (Lipinski definition) is 2. The van der Waals surface area contributed by atoms with E-state index < -0.39 is 0 Å². The van der Waals surface area contributed by atoms with Crippen molar-refractivity contribution in [2.75, 3.05) is 6.54 Å². The second kappa shape index (κ2) is 9.35. The highest BCUT2D eigenvalue weighted by Gasteiger charge is 2.05. The molecule has 1 unspecified atom stereocenters. The van der Waals surface area contributed by atoms with Crippen molar-refractivity contribution in [3.63, 3.8) is 0 Å². The Labute approximate surface area is 126 Å². The first-order valence-electron chi connectivity index (χ1n) is 6.83. The molecule has 0 amide bonds. The first-order valence-corrected chi connectivity index (χ1v) is 7.58. The van der Waals surface area contributed by atoms with E-state index in [0.29, 0.717) is 16.5 Å². The zero-order valence-electron chi connectivity index (χ0n) is 11.4. The molecule has 0 fully saturated rings. The van der Waals surface area contributed by atoms with Gasteiger partial charge in [-0.25, -0.2) is 0 Å². The van der Waals surface area contributed by atoms with E-state index in [2.05, 4.69) is 11.9 Å². The molecule has 106 valence electrons. The summed E-state index contributed by atoms with van der Waals surface area (Å²) < 4.78 is 0. The second-order valence-electron chi connectivity index (χ2n) is 4.72. The third-order valence-corrected chi connectivity index (χ3v) is 3.50. The van der Waals surface area contributed by atoms with Crippen molar-refractivity contribution in [1.82, 2.24) is 0 Å². The number of nitrogens with two attached hydrogens (primary N) is 1. The largest absolute Gasteiger partial charge is 0.323 e. The van der Waals surface area contributed by atoms with E-state index in [1.54, 1.807) is 6.07 Å². The molecule has 0 bridgehead atoms. The highest BCUT2D eigenvalue weighted by atomic mass is 35.5. The summed E-state index contributed by atoms with van der Waals surface area (Å²) in [6.07, 6.45) is 7.43. The van der Waals surface area contributed by atoms with Crippen molar-refractivity contribution < 1.29 is 0 Å². The van der Waals surface area contributed by atoms with Crippen LogP contribution in [0.1, 0.15) is 38.2 Å². The van der Waals surface area contributed by atoms with Gasteiger partial charge in [0.15, 0.2) is 0 Å². The molecule has 2 N–H and O–H groups in total. The van der Waals surface area contributed by atoms with Crippen LogP contribution in [-0.4, -0.2) is 18.8 Å². The summed E-state index contributed by atoms with van der Waals surface area (Å²) in [6, 6.07) is 5.40. The van der Waals surface area contributed by atoms with Crippen molar-refractivity contribution in [2.45, 2.75) is 45.1 Å². The number of rotatable bonds is 8. The fourth-order valence-electron chi connectivity index (χ4n) is 1.83. The van der Waals surface area contributed by atoms with Crippen molar-refractivity contribution in [2.24, 2.45) is 10.7 Å². The number of unbranched alkanes of at least 4 members (excludes halogenated alkanes) is 3. The lowest BCUT2D eigenvalue weighted by Crippen LogP contribution is -2.24. The summed E-state index contributed by atoms with van der Waals surface area (Å²) in [7, 11) is 0. The first-order chi connectivity index (χ1) is 9.13. The summed E-state index contributed by atoms with van der Waals surface area (Å²) in [4.78, 5) is 4.37. The standard InChI is InChI=1S/C15H22Cl2N2/c1-2-3-4-5-8-19-11-14(18)9-12-6-7-13(16)10-15(12)17/h6-7,10-11,14H,2-5,8-9,18H2,1H3. The predicted octanol–water partition coefficient (Wildman–Crippen LogP) is 4.51. The zero-order chi connectivity index (χ0) is 14.1. The molecule has 0 aliphatic heterocycles. The molecule has 19 heavy (non-hydrogen) atoms. The van der Waals surface area contributed by atoms with Gasteiger partial charge in [0.2, 0.25) is 0 Å². The summed E-state index contributed by atoms with van der Waals surface area (Å²) >= 11 is 12.0. The van der Waals surface area contributed by atoms with Crippen LogP contribution in [0, 0.1) is 0 Å². The minimum absolute atomic E-state index is 0.0927. The topological polar surface area (TPSA) is 38.4 Å². The van der Waals surface area contributed by atoms with Gasteiger partial charge in [0.25, 0.3) is 0 Å². The van der Waals surface area contributed by atoms with E-state index in [-0.39, 0.29) is 6.04 Å². The Morgan fingerprint density at radius 3 is 2.74 bits per heavy atom. The van der Waals surface area contributed by atoms with E-state index in [4.69, 9.17) is 28.9 Å². The molecule has 0 aliphatic rings. The maximum atomic E-state index is 6.11. The van der Waals surface area contributed by atoms with Gasteiger partial charge in [-0.3, -0.25) is 4.99 Å². The lowest BCUT2D eigenvalue weighted by molar-refractivity contribution is 0.674. The molecule has 1 rings (SSSR count). The van der Waals surface area contributed by atoms with Gasteiger partial charge in [-0.05, 0) is 30.5 Å². The van der Waals surface area contributed by atoms with E-state index in [1.165, 1.54) is 19.3 Å². The predicted molar refractivity (Wildman–Crippen MR) is 85.6 cm³/mol. The third-order valence-electron chi connectivity index (χ3n) is 2.91. The van der Waals surface area contributed by atoms with Crippen LogP contribution in [0.25, 0.3) is 0 Å². The summed E-state index contributed by atoms with van der Waals surface area (Å²) in [6.45, 7) is 3.07. The smallest absolute Gasteiger partial charge is 0.0453 e. The Morgan fingerprint density at radius 2 is 2.05 bits per heavy atom. The average Bonchev–Trinajstić information content (AvgIpc) is 2.37. The Morgan fingerprint density at radius 1 is 1.26 bits per heavy atom. The van der Waals surface area contributed by atoms with Gasteiger partial charge in [-0.1, -0.05) is 55.5 Å². The van der Waals surface area contributed by atoms with Crippen LogP contribution in [0.3, 0.4) is 0 Å². The maximum Gasteiger partial charge on any atom is 0.0453 e. The van der Waals surface area contributed by atoms with Gasteiger partial charge in [0, 0.05) is 28.8 Å². The van der Waals surface area contributed by atoms with E-state index >= 15 is 0 Å². The van der Waals surface area contributed by atoms with Crippen molar-refractivity contribution in [3.8, 4) is 0 Å². The van der Waals surface area contributed by atoms with E-state index in [0.717, 1.165) is 18.5 Å². The molecular weight excluding hydrogens is 279 g/mol. The van der Waals surface area contributed by atoms with Gasteiger partial charge in [-0.2, -0.15) is 0 Å². The highest BCUT2D eigenvalue weighted by Crippen LogP contribution is 2.21. The molecule has 4 heteroatoms. The molecule has 0 saturated carbocycles. The molecule has 2 nitrogen and oxygen atoms in total. The Kier molecular flexibility index (Phi) is 8.11. The van der Waals surface area contributed by atoms with Gasteiger partial charge < -0.3 is 5.73 Å². The van der Waals surface area contributed by atoms with E-state index in [9.17, 15) is 0 Å². The fourth-order valence-corrected chi connectivity index (χ4v) is 2.32. The number of benzene rings is 1. The SMILES string of the molecule is CCCCCCN=CC(N)Cc1ccc(Cl)cc1Cl. The molecule has 0 radical (unpaired) electrons. The molecule has 0 aliphatic carbocycles. The monoisotopic (exact) mass is 300 g/mol. The Balaban J connectivity index is 2.34. The zero-order valence-corrected chi connectivity index (χ0v) is 12.9. The molecule has 1 aromatic carbocycles. The molecular formula is C15H22Cl2N2. The summed E-state index contributed by atoms with van der Waals surface area (Å²) in [5.41, 5.74) is 7.02. The first kappa shape index (κ1) is 16.5. The van der Waals surface area contributed by atoms with Crippen LogP contribution in [0.15, 0.2) is 23.2 Å². The number of nitrogens with zero attached hydrogens (tertiary/aromatic N) is 1. The summed E-state index contributed by atoms with van der Waals surface area (Å²) in [5, 5.41) is 1.31. The lowest BCUT2D eigenvalue weighted by atomic mass is 10.1. The van der Waals surface area contributed by atoms with Crippen LogP contribution in [0.4, 0.5) is 0 Å². The Bertz CT molecular complexity index is 405. The van der Waals surface area contributed by atoms with Gasteiger partial charge in [0.1, 0.15) is 0 Å². The van der Waals surface area contributed by atoms with Gasteiger partial charge >= 0.3 is 0 Å². The number of aliphatic imine (C=N–C) groups is 1. The van der Waals surface area contributed by atoms with Crippen LogP contribution in [0.2, 0.25) is 10.0 Å². The number of hydrogen-bond donors (Lipinski definition) is 1.